The lowest BCUT2D eigenvalue weighted by Gasteiger charge is -2.25. The summed E-state index contributed by atoms with van der Waals surface area (Å²) in [6, 6.07) is 7.15. The zero-order chi connectivity index (χ0) is 14.4. The number of amides is 1. The van der Waals surface area contributed by atoms with Crippen LogP contribution in [0.1, 0.15) is 19.4 Å². The predicted molar refractivity (Wildman–Crippen MR) is 77.4 cm³/mol. The van der Waals surface area contributed by atoms with Crippen molar-refractivity contribution in [1.82, 2.24) is 4.90 Å². The summed E-state index contributed by atoms with van der Waals surface area (Å²) in [5.41, 5.74) is 1.19. The molecule has 1 aromatic carbocycles. The molecule has 102 valence electrons. The highest BCUT2D eigenvalue weighted by molar-refractivity contribution is 6.30. The van der Waals surface area contributed by atoms with Crippen LogP contribution in [0.5, 0.6) is 0 Å². The smallest absolute Gasteiger partial charge is 0.242 e. The highest BCUT2D eigenvalue weighted by atomic mass is 35.5. The molecule has 0 aromatic heterocycles. The molecule has 0 bridgehead atoms. The van der Waals surface area contributed by atoms with Crippen LogP contribution in [0.3, 0.4) is 0 Å². The maximum Gasteiger partial charge on any atom is 0.242 e. The van der Waals surface area contributed by atoms with Crippen molar-refractivity contribution in [2.75, 3.05) is 31.6 Å². The topological polar surface area (TPSA) is 47.3 Å². The van der Waals surface area contributed by atoms with Gasteiger partial charge in [-0.1, -0.05) is 11.6 Å². The first-order valence-electron chi connectivity index (χ1n) is 6.22. The Morgan fingerprint density at radius 2 is 2.00 bits per heavy atom. The predicted octanol–water partition coefficient (Wildman–Crippen LogP) is 2.52. The van der Waals surface area contributed by atoms with Crippen LogP contribution in [-0.4, -0.2) is 37.5 Å². The Kier molecular flexibility index (Phi) is 5.65. The fraction of sp³-hybridized carbons (Fsp3) is 0.429. The van der Waals surface area contributed by atoms with Gasteiger partial charge in [0.15, 0.2) is 0 Å². The van der Waals surface area contributed by atoms with Gasteiger partial charge in [-0.05, 0) is 32.0 Å². The number of hydrogen-bond acceptors (Lipinski definition) is 3. The zero-order valence-corrected chi connectivity index (χ0v) is 12.2. The number of benzene rings is 1. The number of nitrogens with zero attached hydrogens (tertiary/aromatic N) is 3. The fourth-order valence-corrected chi connectivity index (χ4v) is 2.05. The molecule has 4 nitrogen and oxygen atoms in total. The number of halogens is 1. The molecule has 0 aliphatic rings. The molecule has 0 saturated carbocycles. The zero-order valence-electron chi connectivity index (χ0n) is 11.5. The van der Waals surface area contributed by atoms with E-state index in [0.29, 0.717) is 29.4 Å². The maximum absolute atomic E-state index is 12.0. The highest BCUT2D eigenvalue weighted by Gasteiger charge is 2.15. The van der Waals surface area contributed by atoms with Crippen molar-refractivity contribution in [2.24, 2.45) is 0 Å². The van der Waals surface area contributed by atoms with Gasteiger partial charge in [-0.15, -0.1) is 0 Å². The lowest BCUT2D eigenvalue weighted by Crippen LogP contribution is -2.39. The van der Waals surface area contributed by atoms with E-state index in [2.05, 4.69) is 6.07 Å². The first-order valence-corrected chi connectivity index (χ1v) is 6.59. The van der Waals surface area contributed by atoms with E-state index in [1.54, 1.807) is 35.0 Å². The van der Waals surface area contributed by atoms with E-state index < -0.39 is 0 Å². The summed E-state index contributed by atoms with van der Waals surface area (Å²) in [7, 11) is 1.79. The van der Waals surface area contributed by atoms with Crippen molar-refractivity contribution < 1.29 is 4.79 Å². The Morgan fingerprint density at radius 1 is 1.37 bits per heavy atom. The van der Waals surface area contributed by atoms with E-state index in [-0.39, 0.29) is 12.5 Å². The van der Waals surface area contributed by atoms with Gasteiger partial charge >= 0.3 is 0 Å². The molecule has 0 saturated heterocycles. The van der Waals surface area contributed by atoms with Gasteiger partial charge in [-0.2, -0.15) is 5.26 Å². The lowest BCUT2D eigenvalue weighted by molar-refractivity contribution is -0.129. The normalized spacial score (nSPS) is 9.84. The van der Waals surface area contributed by atoms with Gasteiger partial charge in [-0.3, -0.25) is 4.79 Å². The molecule has 1 aromatic rings. The van der Waals surface area contributed by atoms with Gasteiger partial charge in [0.1, 0.15) is 6.07 Å². The average Bonchev–Trinajstić information content (AvgIpc) is 2.40. The SMILES string of the molecule is CCN(CC)C(=O)CN(C)c1cc(Cl)ccc1C#N. The van der Waals surface area contributed by atoms with Crippen molar-refractivity contribution in [3.63, 3.8) is 0 Å². The summed E-state index contributed by atoms with van der Waals surface area (Å²) < 4.78 is 0. The first kappa shape index (κ1) is 15.3. The van der Waals surface area contributed by atoms with Gasteiger partial charge in [0, 0.05) is 25.2 Å². The fourth-order valence-electron chi connectivity index (χ4n) is 1.88. The van der Waals surface area contributed by atoms with Crippen LogP contribution in [0.25, 0.3) is 0 Å². The Balaban J connectivity index is 2.89. The molecule has 0 aliphatic heterocycles. The number of carbonyl (C=O) groups is 1. The van der Waals surface area contributed by atoms with Crippen LogP contribution in [0.2, 0.25) is 5.02 Å². The second kappa shape index (κ2) is 7.01. The summed E-state index contributed by atoms with van der Waals surface area (Å²) in [5, 5.41) is 9.63. The third-order valence-corrected chi connectivity index (χ3v) is 3.22. The average molecular weight is 280 g/mol. The number of rotatable bonds is 5. The first-order chi connectivity index (χ1) is 9.03. The lowest BCUT2D eigenvalue weighted by atomic mass is 10.2. The van der Waals surface area contributed by atoms with E-state index in [4.69, 9.17) is 16.9 Å². The van der Waals surface area contributed by atoms with E-state index in [9.17, 15) is 4.79 Å². The molecule has 0 radical (unpaired) electrons. The van der Waals surface area contributed by atoms with Crippen molar-refractivity contribution in [3.8, 4) is 6.07 Å². The summed E-state index contributed by atoms with van der Waals surface area (Å²) in [6.07, 6.45) is 0. The summed E-state index contributed by atoms with van der Waals surface area (Å²) in [6.45, 7) is 5.49. The highest BCUT2D eigenvalue weighted by Crippen LogP contribution is 2.23. The Hall–Kier alpha value is -1.73. The van der Waals surface area contributed by atoms with Gasteiger partial charge < -0.3 is 9.80 Å². The number of likely N-dealkylation sites (N-methyl/N-ethyl adjacent to an activating group) is 2. The van der Waals surface area contributed by atoms with Crippen LogP contribution in [-0.2, 0) is 4.79 Å². The standard InChI is InChI=1S/C14H18ClN3O/c1-4-18(5-2)14(19)10-17(3)13-8-12(15)7-6-11(13)9-16/h6-8H,4-5,10H2,1-3H3. The summed E-state index contributed by atoms with van der Waals surface area (Å²) >= 11 is 5.94. The second-order valence-corrected chi connectivity index (χ2v) is 4.63. The molecular weight excluding hydrogens is 262 g/mol. The van der Waals surface area contributed by atoms with Gasteiger partial charge in [-0.25, -0.2) is 0 Å². The van der Waals surface area contributed by atoms with Crippen molar-refractivity contribution in [1.29, 1.82) is 5.26 Å². The summed E-state index contributed by atoms with van der Waals surface area (Å²) in [4.78, 5) is 15.6. The molecule has 19 heavy (non-hydrogen) atoms. The molecule has 0 heterocycles. The minimum Gasteiger partial charge on any atom is -0.364 e. The Bertz CT molecular complexity index is 492. The quantitative estimate of drug-likeness (QED) is 0.832. The van der Waals surface area contributed by atoms with Crippen LogP contribution < -0.4 is 4.90 Å². The molecule has 1 rings (SSSR count). The third kappa shape index (κ3) is 3.87. The molecule has 0 atom stereocenters. The van der Waals surface area contributed by atoms with E-state index in [1.807, 2.05) is 13.8 Å². The molecule has 0 fully saturated rings. The van der Waals surface area contributed by atoms with Gasteiger partial charge in [0.05, 0.1) is 17.8 Å². The largest absolute Gasteiger partial charge is 0.364 e. The van der Waals surface area contributed by atoms with E-state index in [1.165, 1.54) is 0 Å². The minimum atomic E-state index is 0.0383. The van der Waals surface area contributed by atoms with Crippen LogP contribution in [0, 0.1) is 11.3 Å². The van der Waals surface area contributed by atoms with Crippen molar-refractivity contribution in [2.45, 2.75) is 13.8 Å². The number of carbonyl (C=O) groups excluding carboxylic acids is 1. The van der Waals surface area contributed by atoms with Crippen LogP contribution >= 0.6 is 11.6 Å². The molecule has 0 unspecified atom stereocenters. The van der Waals surface area contributed by atoms with Crippen molar-refractivity contribution >= 4 is 23.2 Å². The molecule has 0 aliphatic carbocycles. The second-order valence-electron chi connectivity index (χ2n) is 4.20. The number of anilines is 1. The number of hydrogen-bond donors (Lipinski definition) is 0. The van der Waals surface area contributed by atoms with Gasteiger partial charge in [0.2, 0.25) is 5.91 Å². The third-order valence-electron chi connectivity index (χ3n) is 2.98. The molecular formula is C14H18ClN3O. The van der Waals surface area contributed by atoms with Crippen LogP contribution in [0.4, 0.5) is 5.69 Å². The van der Waals surface area contributed by atoms with E-state index in [0.717, 1.165) is 0 Å². The van der Waals surface area contributed by atoms with Crippen LogP contribution in [0.15, 0.2) is 18.2 Å². The number of nitriles is 1. The Labute approximate surface area is 119 Å². The Morgan fingerprint density at radius 3 is 2.53 bits per heavy atom. The monoisotopic (exact) mass is 279 g/mol. The van der Waals surface area contributed by atoms with E-state index >= 15 is 0 Å². The molecule has 5 heteroatoms. The molecule has 0 N–H and O–H groups in total. The van der Waals surface area contributed by atoms with Crippen molar-refractivity contribution in [3.05, 3.63) is 28.8 Å². The maximum atomic E-state index is 12.0. The summed E-state index contributed by atoms with van der Waals surface area (Å²) in [5.74, 6) is 0.0383. The molecule has 1 amide bonds. The van der Waals surface area contributed by atoms with Gasteiger partial charge in [0.25, 0.3) is 0 Å². The minimum absolute atomic E-state index is 0.0383. The molecule has 0 spiro atoms.